The number of benzene rings is 1. The predicted octanol–water partition coefficient (Wildman–Crippen LogP) is 4.23. The van der Waals surface area contributed by atoms with Crippen molar-refractivity contribution in [1.82, 2.24) is 0 Å². The molecule has 2 atom stereocenters. The lowest BCUT2D eigenvalue weighted by molar-refractivity contribution is 0.339. The van der Waals surface area contributed by atoms with E-state index < -0.39 is 0 Å². The third kappa shape index (κ3) is 2.88. The van der Waals surface area contributed by atoms with Crippen LogP contribution in [0.2, 0.25) is 0 Å². The summed E-state index contributed by atoms with van der Waals surface area (Å²) in [5.41, 5.74) is 2.14. The Morgan fingerprint density at radius 2 is 1.67 bits per heavy atom. The van der Waals surface area contributed by atoms with Crippen LogP contribution in [0, 0.1) is 10.8 Å². The molecule has 0 amide bonds. The van der Waals surface area contributed by atoms with Crippen LogP contribution in [0.5, 0.6) is 0 Å². The number of rotatable bonds is 1. The van der Waals surface area contributed by atoms with Crippen LogP contribution in [0.3, 0.4) is 0 Å². The molecule has 0 spiro atoms. The van der Waals surface area contributed by atoms with E-state index in [9.17, 15) is 0 Å². The number of para-hydroxylation sites is 1. The van der Waals surface area contributed by atoms with Crippen molar-refractivity contribution in [1.29, 1.82) is 0 Å². The first kappa shape index (κ1) is 13.9. The van der Waals surface area contributed by atoms with E-state index in [2.05, 4.69) is 70.7 Å². The quantitative estimate of drug-likeness (QED) is 0.685. The predicted molar refractivity (Wildman–Crippen MR) is 84.4 cm³/mol. The summed E-state index contributed by atoms with van der Waals surface area (Å²) in [5.74, 6) is 0.647. The van der Waals surface area contributed by atoms with Gasteiger partial charge in [0.25, 0.3) is 0 Å². The standard InChI is InChI=1S/C16H26NP/c1-15(2,3)11-17-12-9-7-8-10-13(12)18-14(17)16(4,5)6/h7-10,14,18H,11H2,1-6H3/t14-/m1/s1. The van der Waals surface area contributed by atoms with Gasteiger partial charge in [0.05, 0.1) is 5.78 Å². The maximum absolute atomic E-state index is 2.65. The molecule has 0 N–H and O–H groups in total. The molecule has 1 aliphatic heterocycles. The highest BCUT2D eigenvalue weighted by Crippen LogP contribution is 2.46. The normalized spacial score (nSPS) is 21.4. The van der Waals surface area contributed by atoms with Gasteiger partial charge in [0.15, 0.2) is 0 Å². The van der Waals surface area contributed by atoms with Gasteiger partial charge in [0, 0.05) is 12.2 Å². The number of anilines is 1. The van der Waals surface area contributed by atoms with Crippen LogP contribution in [0.15, 0.2) is 24.3 Å². The van der Waals surface area contributed by atoms with Gasteiger partial charge in [-0.15, -0.1) is 0 Å². The Morgan fingerprint density at radius 3 is 2.22 bits per heavy atom. The Labute approximate surface area is 114 Å². The SMILES string of the molecule is CC(C)(C)CN1c2ccccc2P[C@@H]1C(C)(C)C. The minimum Gasteiger partial charge on any atom is -0.363 e. The Kier molecular flexibility index (Phi) is 3.49. The van der Waals surface area contributed by atoms with Crippen molar-refractivity contribution < 1.29 is 0 Å². The van der Waals surface area contributed by atoms with Crippen molar-refractivity contribution in [2.24, 2.45) is 10.8 Å². The fraction of sp³-hybridized carbons (Fsp3) is 0.625. The monoisotopic (exact) mass is 263 g/mol. The highest BCUT2D eigenvalue weighted by molar-refractivity contribution is 7.49. The second-order valence-corrected chi connectivity index (χ2v) is 8.99. The maximum Gasteiger partial charge on any atom is 0.0550 e. The van der Waals surface area contributed by atoms with Gasteiger partial charge in [-0.1, -0.05) is 68.3 Å². The molecule has 1 aromatic carbocycles. The highest BCUT2D eigenvalue weighted by Gasteiger charge is 2.38. The van der Waals surface area contributed by atoms with Gasteiger partial charge >= 0.3 is 0 Å². The highest BCUT2D eigenvalue weighted by atomic mass is 31.1. The Hall–Kier alpha value is -0.550. The first-order valence-corrected chi connectivity index (χ1v) is 7.88. The van der Waals surface area contributed by atoms with Crippen molar-refractivity contribution >= 4 is 19.6 Å². The Bertz CT molecular complexity index is 425. The summed E-state index contributed by atoms with van der Waals surface area (Å²) in [6.07, 6.45) is 0. The molecule has 1 aliphatic rings. The number of hydrogen-bond acceptors (Lipinski definition) is 1. The third-order valence-electron chi connectivity index (χ3n) is 3.28. The van der Waals surface area contributed by atoms with Crippen LogP contribution >= 0.6 is 8.58 Å². The lowest BCUT2D eigenvalue weighted by atomic mass is 9.91. The molecule has 0 saturated carbocycles. The van der Waals surface area contributed by atoms with E-state index in [4.69, 9.17) is 0 Å². The van der Waals surface area contributed by atoms with Gasteiger partial charge in [0.2, 0.25) is 0 Å². The largest absolute Gasteiger partial charge is 0.363 e. The molecule has 0 saturated heterocycles. The first-order chi connectivity index (χ1) is 8.18. The van der Waals surface area contributed by atoms with Gasteiger partial charge in [-0.3, -0.25) is 0 Å². The van der Waals surface area contributed by atoms with E-state index in [-0.39, 0.29) is 0 Å². The maximum atomic E-state index is 2.65. The zero-order valence-corrected chi connectivity index (χ0v) is 13.5. The molecule has 18 heavy (non-hydrogen) atoms. The molecule has 1 unspecified atom stereocenters. The fourth-order valence-corrected chi connectivity index (χ4v) is 4.26. The van der Waals surface area contributed by atoms with Crippen molar-refractivity contribution in [3.63, 3.8) is 0 Å². The molecule has 0 radical (unpaired) electrons. The van der Waals surface area contributed by atoms with Crippen LogP contribution in [-0.4, -0.2) is 12.3 Å². The topological polar surface area (TPSA) is 3.24 Å². The van der Waals surface area contributed by atoms with Gasteiger partial charge in [-0.25, -0.2) is 0 Å². The average Bonchev–Trinajstić information content (AvgIpc) is 2.55. The summed E-state index contributed by atoms with van der Waals surface area (Å²) in [4.78, 5) is 2.65. The molecular weight excluding hydrogens is 237 g/mol. The summed E-state index contributed by atoms with van der Waals surface area (Å²) < 4.78 is 0. The van der Waals surface area contributed by atoms with Crippen LogP contribution in [-0.2, 0) is 0 Å². The summed E-state index contributed by atoms with van der Waals surface area (Å²) in [6, 6.07) is 8.94. The lowest BCUT2D eigenvalue weighted by Gasteiger charge is -2.40. The van der Waals surface area contributed by atoms with Crippen LogP contribution in [0.4, 0.5) is 5.69 Å². The van der Waals surface area contributed by atoms with E-state index in [0.29, 0.717) is 16.6 Å². The summed E-state index contributed by atoms with van der Waals surface area (Å²) in [6.45, 7) is 15.2. The molecule has 1 aromatic rings. The second kappa shape index (κ2) is 4.53. The molecule has 1 heterocycles. The zero-order chi connectivity index (χ0) is 13.6. The number of nitrogens with zero attached hydrogens (tertiary/aromatic N) is 1. The van der Waals surface area contributed by atoms with E-state index in [1.165, 1.54) is 5.69 Å². The smallest absolute Gasteiger partial charge is 0.0550 e. The Morgan fingerprint density at radius 1 is 1.06 bits per heavy atom. The van der Waals surface area contributed by atoms with E-state index in [1.54, 1.807) is 5.30 Å². The molecule has 100 valence electrons. The van der Waals surface area contributed by atoms with Gasteiger partial charge in [-0.2, -0.15) is 0 Å². The minimum atomic E-state index is 0.336. The molecule has 0 fully saturated rings. The first-order valence-electron chi connectivity index (χ1n) is 6.81. The van der Waals surface area contributed by atoms with E-state index >= 15 is 0 Å². The van der Waals surface area contributed by atoms with Gasteiger partial charge in [-0.05, 0) is 22.2 Å². The molecule has 2 rings (SSSR count). The zero-order valence-electron chi connectivity index (χ0n) is 12.5. The summed E-state index contributed by atoms with van der Waals surface area (Å²) >= 11 is 0. The molecular formula is C16H26NP. The molecule has 0 aliphatic carbocycles. The molecule has 0 bridgehead atoms. The summed E-state index contributed by atoms with van der Waals surface area (Å²) in [5, 5.41) is 1.54. The van der Waals surface area contributed by atoms with Gasteiger partial charge < -0.3 is 4.90 Å². The second-order valence-electron chi connectivity index (χ2n) is 7.62. The van der Waals surface area contributed by atoms with E-state index in [1.807, 2.05) is 0 Å². The molecule has 0 aromatic heterocycles. The van der Waals surface area contributed by atoms with Crippen LogP contribution in [0.1, 0.15) is 41.5 Å². The third-order valence-corrected chi connectivity index (χ3v) is 5.47. The minimum absolute atomic E-state index is 0.336. The van der Waals surface area contributed by atoms with Crippen molar-refractivity contribution in [3.8, 4) is 0 Å². The van der Waals surface area contributed by atoms with Crippen LogP contribution < -0.4 is 10.2 Å². The van der Waals surface area contributed by atoms with E-state index in [0.717, 1.165) is 15.1 Å². The fourth-order valence-electron chi connectivity index (χ4n) is 2.58. The Balaban J connectivity index is 2.36. The number of fused-ring (bicyclic) bond motifs is 1. The average molecular weight is 263 g/mol. The lowest BCUT2D eigenvalue weighted by Crippen LogP contribution is -2.42. The van der Waals surface area contributed by atoms with Crippen LogP contribution in [0.25, 0.3) is 0 Å². The summed E-state index contributed by atoms with van der Waals surface area (Å²) in [7, 11) is 0.914. The molecule has 2 heteroatoms. The van der Waals surface area contributed by atoms with Crippen molar-refractivity contribution in [3.05, 3.63) is 24.3 Å². The van der Waals surface area contributed by atoms with Gasteiger partial charge in [0.1, 0.15) is 0 Å². The van der Waals surface area contributed by atoms with Crippen molar-refractivity contribution in [2.75, 3.05) is 11.4 Å². The molecule has 1 nitrogen and oxygen atoms in total. The van der Waals surface area contributed by atoms with Crippen molar-refractivity contribution in [2.45, 2.75) is 47.3 Å². The number of hydrogen-bond donors (Lipinski definition) is 0.